The fourth-order valence-electron chi connectivity index (χ4n) is 2.17. The van der Waals surface area contributed by atoms with Crippen molar-refractivity contribution >= 4 is 41.0 Å². The van der Waals surface area contributed by atoms with Crippen molar-refractivity contribution in [3.8, 4) is 0 Å². The van der Waals surface area contributed by atoms with Gasteiger partial charge < -0.3 is 15.0 Å². The van der Waals surface area contributed by atoms with Crippen molar-refractivity contribution in [2.45, 2.75) is 19.0 Å². The summed E-state index contributed by atoms with van der Waals surface area (Å²) in [5.41, 5.74) is 2.60. The van der Waals surface area contributed by atoms with E-state index in [2.05, 4.69) is 30.7 Å². The van der Waals surface area contributed by atoms with Gasteiger partial charge in [0.2, 0.25) is 5.91 Å². The van der Waals surface area contributed by atoms with Gasteiger partial charge in [-0.05, 0) is 25.5 Å². The van der Waals surface area contributed by atoms with E-state index in [0.29, 0.717) is 16.6 Å². The lowest BCUT2D eigenvalue weighted by Crippen LogP contribution is -2.15. The summed E-state index contributed by atoms with van der Waals surface area (Å²) in [6.45, 7) is 3.64. The number of carbonyl (C=O) groups is 2. The number of hydrogen-bond acceptors (Lipinski definition) is 7. The second-order valence-corrected chi connectivity index (χ2v) is 5.99. The molecule has 3 aromatic rings. The number of nitrogens with zero attached hydrogens (tertiary/aromatic N) is 5. The number of amides is 1. The van der Waals surface area contributed by atoms with Gasteiger partial charge >= 0.3 is 0 Å². The summed E-state index contributed by atoms with van der Waals surface area (Å²) in [4.78, 5) is 24.8. The van der Waals surface area contributed by atoms with Gasteiger partial charge in [0, 0.05) is 12.7 Å². The number of thioether (sulfide) groups is 1. The Morgan fingerprint density at radius 3 is 2.84 bits per heavy atom. The number of hydrogen-bond donors (Lipinski definition) is 3. The first kappa shape index (κ1) is 18.4. The molecule has 0 unspecified atom stereocenters. The summed E-state index contributed by atoms with van der Waals surface area (Å²) in [6.07, 6.45) is 1.60. The van der Waals surface area contributed by atoms with Crippen molar-refractivity contribution in [3.05, 3.63) is 23.7 Å². The molecule has 0 fully saturated rings. The molecule has 0 spiro atoms. The maximum Gasteiger partial charge on any atom is 0.290 e. The Bertz CT molecular complexity index is 890. The molecule has 3 heterocycles. The number of aromatic nitrogens is 6. The lowest BCUT2D eigenvalue weighted by atomic mass is 10.2. The fourth-order valence-corrected chi connectivity index (χ4v) is 2.86. The molecule has 0 aliphatic rings. The zero-order chi connectivity index (χ0) is 18.4. The third-order valence-corrected chi connectivity index (χ3v) is 4.15. The van der Waals surface area contributed by atoms with E-state index in [0.717, 1.165) is 16.6 Å². The van der Waals surface area contributed by atoms with Crippen LogP contribution in [0.1, 0.15) is 11.3 Å². The van der Waals surface area contributed by atoms with E-state index < -0.39 is 0 Å². The van der Waals surface area contributed by atoms with Crippen LogP contribution in [0.4, 0.5) is 5.82 Å². The molecule has 0 aromatic carbocycles. The predicted octanol–water partition coefficient (Wildman–Crippen LogP) is 1.13. The maximum absolute atomic E-state index is 12.1. The maximum atomic E-state index is 12.1. The third-order valence-electron chi connectivity index (χ3n) is 3.12. The molecule has 0 atom stereocenters. The Labute approximate surface area is 147 Å². The number of carboxylic acid groups (broad SMARTS) is 1. The lowest BCUT2D eigenvalue weighted by molar-refractivity contribution is -0.123. The van der Waals surface area contributed by atoms with Crippen molar-refractivity contribution in [2.24, 2.45) is 7.05 Å². The molecule has 0 aliphatic heterocycles. The Morgan fingerprint density at radius 1 is 1.48 bits per heavy atom. The molecule has 3 rings (SSSR count). The Hall–Kier alpha value is -2.95. The van der Waals surface area contributed by atoms with Crippen LogP contribution in [0.5, 0.6) is 0 Å². The fraction of sp³-hybridized carbons (Fsp3) is 0.286. The number of aromatic amines is 1. The molecule has 132 valence electrons. The molecule has 10 nitrogen and oxygen atoms in total. The molecular formula is C14H17N7O3S. The normalized spacial score (nSPS) is 10.2. The van der Waals surface area contributed by atoms with Crippen LogP contribution < -0.4 is 5.32 Å². The van der Waals surface area contributed by atoms with Gasteiger partial charge in [-0.1, -0.05) is 11.8 Å². The van der Waals surface area contributed by atoms with Crippen LogP contribution in [0.25, 0.3) is 11.0 Å². The topological polar surface area (TPSA) is 139 Å². The van der Waals surface area contributed by atoms with Gasteiger partial charge in [-0.2, -0.15) is 5.10 Å². The summed E-state index contributed by atoms with van der Waals surface area (Å²) in [7, 11) is 1.83. The number of nitrogens with one attached hydrogen (secondary N) is 2. The van der Waals surface area contributed by atoms with Gasteiger partial charge in [-0.25, -0.2) is 4.98 Å². The first-order valence-corrected chi connectivity index (χ1v) is 8.11. The number of carbonyl (C=O) groups excluding carboxylic acids is 1. The van der Waals surface area contributed by atoms with E-state index in [1.54, 1.807) is 10.9 Å². The zero-order valence-electron chi connectivity index (χ0n) is 13.8. The van der Waals surface area contributed by atoms with Crippen molar-refractivity contribution in [1.82, 2.24) is 29.9 Å². The summed E-state index contributed by atoms with van der Waals surface area (Å²) < 4.78 is 1.76. The quantitative estimate of drug-likeness (QED) is 0.463. The van der Waals surface area contributed by atoms with Crippen LogP contribution in [0, 0.1) is 13.8 Å². The van der Waals surface area contributed by atoms with Gasteiger partial charge in [-0.15, -0.1) is 10.2 Å². The van der Waals surface area contributed by atoms with Crippen molar-refractivity contribution in [3.63, 3.8) is 0 Å². The van der Waals surface area contributed by atoms with Crippen LogP contribution in [-0.2, 0) is 16.6 Å². The second-order valence-electron chi connectivity index (χ2n) is 5.04. The molecule has 0 saturated heterocycles. The highest BCUT2D eigenvalue weighted by Gasteiger charge is 2.14. The van der Waals surface area contributed by atoms with Crippen molar-refractivity contribution in [2.75, 3.05) is 11.1 Å². The minimum absolute atomic E-state index is 0.152. The van der Waals surface area contributed by atoms with Crippen LogP contribution in [0.15, 0.2) is 17.6 Å². The van der Waals surface area contributed by atoms with E-state index in [4.69, 9.17) is 9.90 Å². The number of anilines is 1. The number of pyridine rings is 1. The number of rotatable bonds is 4. The SMILES string of the molecule is Cc1cc(C)c2c(NC(=O)CSc3nncn3C)n[nH]c2n1.O=CO. The largest absolute Gasteiger partial charge is 0.483 e. The Morgan fingerprint density at radius 2 is 2.20 bits per heavy atom. The molecule has 3 N–H and O–H groups in total. The van der Waals surface area contributed by atoms with E-state index in [1.165, 1.54) is 11.8 Å². The van der Waals surface area contributed by atoms with Crippen LogP contribution in [0.2, 0.25) is 0 Å². The molecule has 3 aromatic heterocycles. The van der Waals surface area contributed by atoms with E-state index in [9.17, 15) is 4.79 Å². The van der Waals surface area contributed by atoms with Gasteiger partial charge in [0.15, 0.2) is 16.6 Å². The molecule has 0 bridgehead atoms. The summed E-state index contributed by atoms with van der Waals surface area (Å²) in [5.74, 6) is 0.587. The monoisotopic (exact) mass is 363 g/mol. The smallest absolute Gasteiger partial charge is 0.290 e. The average Bonchev–Trinajstić information content (AvgIpc) is 3.12. The third kappa shape index (κ3) is 4.53. The lowest BCUT2D eigenvalue weighted by Gasteiger charge is -2.04. The number of H-pyrrole nitrogens is 1. The molecule has 11 heteroatoms. The highest BCUT2D eigenvalue weighted by Crippen LogP contribution is 2.24. The number of aryl methyl sites for hydroxylation is 3. The van der Waals surface area contributed by atoms with Gasteiger partial charge in [0.05, 0.1) is 11.1 Å². The Balaban J connectivity index is 0.000000701. The van der Waals surface area contributed by atoms with Gasteiger partial charge in [-0.3, -0.25) is 14.7 Å². The second kappa shape index (κ2) is 8.24. The summed E-state index contributed by atoms with van der Waals surface area (Å²) in [6, 6.07) is 1.96. The molecule has 0 radical (unpaired) electrons. The van der Waals surface area contributed by atoms with Gasteiger partial charge in [0.25, 0.3) is 6.47 Å². The first-order chi connectivity index (χ1) is 12.0. The predicted molar refractivity (Wildman–Crippen MR) is 92.4 cm³/mol. The highest BCUT2D eigenvalue weighted by molar-refractivity contribution is 7.99. The average molecular weight is 363 g/mol. The van der Waals surface area contributed by atoms with Gasteiger partial charge in [0.1, 0.15) is 6.33 Å². The summed E-state index contributed by atoms with van der Waals surface area (Å²) in [5, 5.41) is 25.9. The van der Waals surface area contributed by atoms with Crippen LogP contribution in [-0.4, -0.2) is 53.2 Å². The minimum Gasteiger partial charge on any atom is -0.483 e. The molecule has 1 amide bonds. The molecule has 25 heavy (non-hydrogen) atoms. The van der Waals surface area contributed by atoms with Crippen LogP contribution >= 0.6 is 11.8 Å². The standard InChI is InChI=1S/C13H15N7OS.CH2O2/c1-7-4-8(2)15-11-10(7)12(18-17-11)16-9(21)5-22-13-19-14-6-20(13)3;2-1-3/h4,6H,5H2,1-3H3,(H2,15,16,17,18,21);1H,(H,2,3). The first-order valence-electron chi connectivity index (χ1n) is 7.13. The van der Waals surface area contributed by atoms with Crippen LogP contribution in [0.3, 0.4) is 0 Å². The van der Waals surface area contributed by atoms with E-state index >= 15 is 0 Å². The highest BCUT2D eigenvalue weighted by atomic mass is 32.2. The molecule has 0 saturated carbocycles. The minimum atomic E-state index is -0.250. The summed E-state index contributed by atoms with van der Waals surface area (Å²) >= 11 is 1.32. The van der Waals surface area contributed by atoms with E-state index in [1.807, 2.05) is 27.0 Å². The number of fused-ring (bicyclic) bond motifs is 1. The Kier molecular flexibility index (Phi) is 6.06. The van der Waals surface area contributed by atoms with Crippen molar-refractivity contribution < 1.29 is 14.7 Å². The zero-order valence-corrected chi connectivity index (χ0v) is 14.7. The molecule has 0 aliphatic carbocycles. The van der Waals surface area contributed by atoms with E-state index in [-0.39, 0.29) is 18.1 Å². The van der Waals surface area contributed by atoms with Crippen molar-refractivity contribution in [1.29, 1.82) is 0 Å². The molecular weight excluding hydrogens is 346 g/mol.